The van der Waals surface area contributed by atoms with Crippen LogP contribution in [0.15, 0.2) is 60.4 Å². The molecule has 1 atom stereocenters. The van der Waals surface area contributed by atoms with Crippen LogP contribution < -0.4 is 5.32 Å². The van der Waals surface area contributed by atoms with E-state index in [1.54, 1.807) is 24.3 Å². The van der Waals surface area contributed by atoms with Crippen LogP contribution in [0.3, 0.4) is 0 Å². The average molecular weight is 520 g/mol. The lowest BCUT2D eigenvalue weighted by atomic mass is 9.99. The zero-order valence-corrected chi connectivity index (χ0v) is 21.4. The van der Waals surface area contributed by atoms with Crippen LogP contribution in [-0.2, 0) is 20.5 Å². The second-order valence-electron chi connectivity index (χ2n) is 9.17. The third kappa shape index (κ3) is 7.88. The zero-order chi connectivity index (χ0) is 26.2. The van der Waals surface area contributed by atoms with Gasteiger partial charge in [-0.3, -0.25) is 9.59 Å². The fourth-order valence-electron chi connectivity index (χ4n) is 4.11. The minimum absolute atomic E-state index is 0.0576. The summed E-state index contributed by atoms with van der Waals surface area (Å²) in [5.41, 5.74) is 1.22. The van der Waals surface area contributed by atoms with E-state index in [0.717, 1.165) is 37.0 Å². The first-order valence-electron chi connectivity index (χ1n) is 12.3. The number of anilines is 1. The van der Waals surface area contributed by atoms with Gasteiger partial charge in [-0.25, -0.2) is 0 Å². The number of nitrogens with one attached hydrogen (secondary N) is 1. The normalized spacial score (nSPS) is 17.7. The number of unbranched alkanes of at least 4 members (excludes halogenated alkanes) is 5. The number of hydrogen-bond acceptors (Lipinski definition) is 4. The lowest BCUT2D eigenvalue weighted by Crippen LogP contribution is -2.26. The molecule has 194 valence electrons. The van der Waals surface area contributed by atoms with E-state index in [4.69, 9.17) is 4.74 Å². The topological polar surface area (TPSA) is 55.4 Å². The van der Waals surface area contributed by atoms with Gasteiger partial charge >= 0.3 is 6.18 Å². The monoisotopic (exact) mass is 519 g/mol. The number of rotatable bonds is 12. The minimum atomic E-state index is -4.37. The summed E-state index contributed by atoms with van der Waals surface area (Å²) in [5.74, 6) is 0.184. The molecule has 1 N–H and O–H groups in total. The Morgan fingerprint density at radius 3 is 2.14 bits per heavy atom. The molecule has 36 heavy (non-hydrogen) atoms. The Hall–Kier alpha value is -2.74. The lowest BCUT2D eigenvalue weighted by molar-refractivity contribution is -0.137. The molecular weight excluding hydrogens is 487 g/mol. The van der Waals surface area contributed by atoms with Gasteiger partial charge in [-0.05, 0) is 48.7 Å². The van der Waals surface area contributed by atoms with Gasteiger partial charge in [0.05, 0.1) is 10.3 Å². The highest BCUT2D eigenvalue weighted by Crippen LogP contribution is 2.44. The van der Waals surface area contributed by atoms with Crippen molar-refractivity contribution in [2.45, 2.75) is 69.7 Å². The highest BCUT2D eigenvalue weighted by Gasteiger charge is 2.39. The smallest absolute Gasteiger partial charge is 0.416 e. The number of halogens is 3. The largest absolute Gasteiger partial charge is 0.486 e. The van der Waals surface area contributed by atoms with Gasteiger partial charge in [0.2, 0.25) is 5.12 Å². The van der Waals surface area contributed by atoms with Crippen molar-refractivity contribution in [3.63, 3.8) is 0 Å². The molecule has 3 rings (SSSR count). The van der Waals surface area contributed by atoms with Gasteiger partial charge in [-0.2, -0.15) is 13.2 Å². The van der Waals surface area contributed by atoms with E-state index in [-0.39, 0.29) is 17.6 Å². The van der Waals surface area contributed by atoms with Gasteiger partial charge in [0.1, 0.15) is 5.76 Å². The maximum absolute atomic E-state index is 12.8. The first-order valence-corrected chi connectivity index (χ1v) is 13.1. The van der Waals surface area contributed by atoms with Crippen LogP contribution in [0.25, 0.3) is 11.1 Å². The fraction of sp³-hybridized carbons (Fsp3) is 0.429. The van der Waals surface area contributed by atoms with Crippen LogP contribution in [0.2, 0.25) is 0 Å². The maximum Gasteiger partial charge on any atom is 0.416 e. The number of carbonyl (C=O) groups is 2. The number of thioether (sulfide) groups is 1. The van der Waals surface area contributed by atoms with Crippen LogP contribution in [-0.4, -0.2) is 22.4 Å². The Bertz CT molecular complexity index is 1060. The highest BCUT2D eigenvalue weighted by atomic mass is 32.2. The quantitative estimate of drug-likeness (QED) is 0.289. The molecule has 1 aliphatic heterocycles. The van der Waals surface area contributed by atoms with Crippen LogP contribution in [0.4, 0.5) is 18.9 Å². The van der Waals surface area contributed by atoms with Crippen LogP contribution >= 0.6 is 11.8 Å². The summed E-state index contributed by atoms with van der Waals surface area (Å²) in [6.07, 6.45) is 4.88. The van der Waals surface area contributed by atoms with Crippen molar-refractivity contribution in [3.05, 3.63) is 65.9 Å². The summed E-state index contributed by atoms with van der Waals surface area (Å²) in [5, 5.41) is 2.69. The number of carbonyl (C=O) groups excluding carboxylic acids is 2. The highest BCUT2D eigenvalue weighted by molar-refractivity contribution is 8.15. The molecule has 1 amide bonds. The predicted octanol–water partition coefficient (Wildman–Crippen LogP) is 7.99. The molecule has 0 fully saturated rings. The molecule has 8 heteroatoms. The maximum atomic E-state index is 12.8. The Kier molecular flexibility index (Phi) is 9.65. The first kappa shape index (κ1) is 27.8. The Morgan fingerprint density at radius 1 is 0.944 bits per heavy atom. The Balaban J connectivity index is 1.49. The second-order valence-corrected chi connectivity index (χ2v) is 10.7. The summed E-state index contributed by atoms with van der Waals surface area (Å²) in [4.78, 5) is 24.5. The molecule has 0 spiro atoms. The summed E-state index contributed by atoms with van der Waals surface area (Å²) in [6.45, 7) is 3.95. The van der Waals surface area contributed by atoms with E-state index in [9.17, 15) is 22.8 Å². The molecular formula is C28H32F3NO3S. The molecule has 0 bridgehead atoms. The van der Waals surface area contributed by atoms with Crippen LogP contribution in [0, 0.1) is 0 Å². The van der Waals surface area contributed by atoms with Crippen molar-refractivity contribution in [3.8, 4) is 11.1 Å². The number of alkyl halides is 3. The van der Waals surface area contributed by atoms with Crippen molar-refractivity contribution in [2.75, 3.05) is 11.9 Å². The molecule has 1 unspecified atom stereocenters. The SMILES string of the molecule is CCCCCCCCC1(C)SC(=O)C=C1OCC(=O)Nc1ccc(-c2ccc(C(F)(F)F)cc2)cc1. The summed E-state index contributed by atoms with van der Waals surface area (Å²) < 4.78 is 43.6. The summed E-state index contributed by atoms with van der Waals surface area (Å²) in [7, 11) is 0. The van der Waals surface area contributed by atoms with Crippen molar-refractivity contribution in [1.29, 1.82) is 0 Å². The summed E-state index contributed by atoms with van der Waals surface area (Å²) >= 11 is 1.25. The standard InChI is InChI=1S/C28H32F3NO3S/c1-3-4-5-6-7-8-17-27(2)24(18-26(34)36-27)35-19-25(33)32-23-15-11-21(12-16-23)20-9-13-22(14-10-20)28(29,30)31/h9-16,18H,3-8,17,19H2,1-2H3,(H,32,33). The Labute approximate surface area is 214 Å². The van der Waals surface area contributed by atoms with Gasteiger partial charge in [0.25, 0.3) is 5.91 Å². The molecule has 0 aliphatic carbocycles. The number of benzene rings is 2. The number of hydrogen-bond donors (Lipinski definition) is 1. The van der Waals surface area contributed by atoms with Crippen molar-refractivity contribution in [2.24, 2.45) is 0 Å². The Morgan fingerprint density at radius 2 is 1.53 bits per heavy atom. The molecule has 0 aromatic heterocycles. The van der Waals surface area contributed by atoms with Gasteiger partial charge in [0.15, 0.2) is 6.61 Å². The van der Waals surface area contributed by atoms with E-state index in [0.29, 0.717) is 17.0 Å². The van der Waals surface area contributed by atoms with E-state index in [1.807, 2.05) is 6.92 Å². The second kappa shape index (κ2) is 12.5. The third-order valence-electron chi connectivity index (χ3n) is 6.18. The lowest BCUT2D eigenvalue weighted by Gasteiger charge is -2.26. The molecule has 0 radical (unpaired) electrons. The van der Waals surface area contributed by atoms with E-state index in [2.05, 4.69) is 12.2 Å². The first-order chi connectivity index (χ1) is 17.1. The zero-order valence-electron chi connectivity index (χ0n) is 20.6. The predicted molar refractivity (Wildman–Crippen MR) is 139 cm³/mol. The fourth-order valence-corrected chi connectivity index (χ4v) is 5.19. The van der Waals surface area contributed by atoms with Crippen LogP contribution in [0.5, 0.6) is 0 Å². The molecule has 0 saturated heterocycles. The van der Waals surface area contributed by atoms with Gasteiger partial charge in [-0.15, -0.1) is 0 Å². The summed E-state index contributed by atoms with van der Waals surface area (Å²) in [6, 6.07) is 11.7. The molecule has 0 saturated carbocycles. The number of ether oxygens (including phenoxy) is 1. The third-order valence-corrected chi connectivity index (χ3v) is 7.35. The van der Waals surface area contributed by atoms with Gasteiger partial charge < -0.3 is 10.1 Å². The van der Waals surface area contributed by atoms with Crippen molar-refractivity contribution >= 4 is 28.5 Å². The van der Waals surface area contributed by atoms with Gasteiger partial charge in [-0.1, -0.05) is 81.5 Å². The molecule has 4 nitrogen and oxygen atoms in total. The van der Waals surface area contributed by atoms with E-state index in [1.165, 1.54) is 55.7 Å². The molecule has 2 aromatic carbocycles. The van der Waals surface area contributed by atoms with Crippen LogP contribution in [0.1, 0.15) is 64.4 Å². The molecule has 2 aromatic rings. The van der Waals surface area contributed by atoms with Crippen molar-refractivity contribution < 1.29 is 27.5 Å². The minimum Gasteiger partial charge on any atom is -0.486 e. The molecule has 1 heterocycles. The van der Waals surface area contributed by atoms with E-state index < -0.39 is 16.5 Å². The number of amides is 1. The van der Waals surface area contributed by atoms with Gasteiger partial charge in [0, 0.05) is 11.8 Å². The van der Waals surface area contributed by atoms with E-state index >= 15 is 0 Å². The molecule has 1 aliphatic rings. The van der Waals surface area contributed by atoms with Crippen molar-refractivity contribution in [1.82, 2.24) is 0 Å². The average Bonchev–Trinajstić information content (AvgIpc) is 3.13.